The Morgan fingerprint density at radius 2 is 1.39 bits per heavy atom. The first-order valence-corrected chi connectivity index (χ1v) is 15.1. The third-order valence-electron chi connectivity index (χ3n) is 8.27. The summed E-state index contributed by atoms with van der Waals surface area (Å²) in [7, 11) is 1.35. The van der Waals surface area contributed by atoms with Crippen LogP contribution >= 0.6 is 0 Å². The number of anilines is 2. The molecule has 0 radical (unpaired) electrons. The van der Waals surface area contributed by atoms with Gasteiger partial charge in [-0.15, -0.1) is 0 Å². The molecule has 1 saturated carbocycles. The number of amides is 3. The topological polar surface area (TPSA) is 135 Å². The molecule has 3 amide bonds. The van der Waals surface area contributed by atoms with Crippen molar-refractivity contribution < 1.29 is 28.7 Å². The molecule has 0 bridgehead atoms. The lowest BCUT2D eigenvalue weighted by Crippen LogP contribution is -2.42. The summed E-state index contributed by atoms with van der Waals surface area (Å²) < 4.78 is 10.2. The molecule has 0 aromatic heterocycles. The molecular weight excluding hydrogens is 560 g/mol. The maximum absolute atomic E-state index is 12.7. The minimum atomic E-state index is -0.819. The van der Waals surface area contributed by atoms with Gasteiger partial charge in [-0.3, -0.25) is 19.8 Å². The van der Waals surface area contributed by atoms with Crippen molar-refractivity contribution in [2.24, 2.45) is 10.8 Å². The van der Waals surface area contributed by atoms with Gasteiger partial charge in [-0.1, -0.05) is 38.1 Å². The lowest BCUT2D eigenvalue weighted by molar-refractivity contribution is -0.158. The minimum Gasteiger partial charge on any atom is -0.469 e. The molecule has 44 heavy (non-hydrogen) atoms. The zero-order valence-electron chi connectivity index (χ0n) is 27.3. The minimum absolute atomic E-state index is 0.0494. The Kier molecular flexibility index (Phi) is 11.2. The first-order chi connectivity index (χ1) is 20.5. The summed E-state index contributed by atoms with van der Waals surface area (Å²) >= 11 is 0. The highest BCUT2D eigenvalue weighted by atomic mass is 16.6. The van der Waals surface area contributed by atoms with Gasteiger partial charge in [-0.2, -0.15) is 0 Å². The largest absolute Gasteiger partial charge is 0.469 e. The standard InChI is InChI=1S/C34H48N4O6/c1-32(2,3)44-31(42)38-37-27-20-26(27)23-14-18-25(19-15-23)35-28(39)11-9-10-22-12-16-24(17-13-22)36-29(40)21-33(4,5)34(6,7)30(41)43-8/h12-19,26-27,37H,9-11,20-21H2,1-8H3,(H,35,39)(H,36,40)(H,38,42). The van der Waals surface area contributed by atoms with Gasteiger partial charge in [-0.05, 0) is 94.7 Å². The number of hydrogen-bond acceptors (Lipinski definition) is 7. The van der Waals surface area contributed by atoms with E-state index in [1.807, 2.05) is 83.1 Å². The highest BCUT2D eigenvalue weighted by Crippen LogP contribution is 2.42. The molecule has 0 aliphatic heterocycles. The quantitative estimate of drug-likeness (QED) is 0.160. The Labute approximate surface area is 261 Å². The number of methoxy groups -OCH3 is 1. The molecule has 1 fully saturated rings. The molecule has 10 heteroatoms. The van der Waals surface area contributed by atoms with Crippen molar-refractivity contribution in [2.45, 2.75) is 98.1 Å². The molecule has 0 spiro atoms. The average molecular weight is 609 g/mol. The second kappa shape index (κ2) is 14.2. The van der Waals surface area contributed by atoms with Gasteiger partial charge in [0.15, 0.2) is 0 Å². The van der Waals surface area contributed by atoms with Crippen LogP contribution in [-0.2, 0) is 30.3 Å². The molecule has 240 valence electrons. The third-order valence-corrected chi connectivity index (χ3v) is 8.27. The maximum atomic E-state index is 12.7. The van der Waals surface area contributed by atoms with Crippen molar-refractivity contribution in [2.75, 3.05) is 17.7 Å². The number of carbonyl (C=O) groups is 4. The Bertz CT molecular complexity index is 1310. The zero-order chi connectivity index (χ0) is 32.7. The highest BCUT2D eigenvalue weighted by Gasteiger charge is 2.45. The molecule has 2 aromatic carbocycles. The zero-order valence-corrected chi connectivity index (χ0v) is 27.3. The summed E-state index contributed by atoms with van der Waals surface area (Å²) in [6.45, 7) is 12.8. The van der Waals surface area contributed by atoms with Crippen molar-refractivity contribution in [3.05, 3.63) is 59.7 Å². The van der Waals surface area contributed by atoms with E-state index < -0.39 is 22.5 Å². The van der Waals surface area contributed by atoms with Crippen molar-refractivity contribution in [3.8, 4) is 0 Å². The Hall–Kier alpha value is -3.92. The lowest BCUT2D eigenvalue weighted by atomic mass is 9.66. The molecule has 3 rings (SSSR count). The first kappa shape index (κ1) is 34.6. The molecule has 10 nitrogen and oxygen atoms in total. The highest BCUT2D eigenvalue weighted by molar-refractivity contribution is 5.92. The lowest BCUT2D eigenvalue weighted by Gasteiger charge is -2.38. The van der Waals surface area contributed by atoms with Crippen LogP contribution in [-0.4, -0.2) is 42.6 Å². The molecule has 0 saturated heterocycles. The van der Waals surface area contributed by atoms with Crippen LogP contribution in [0.3, 0.4) is 0 Å². The summed E-state index contributed by atoms with van der Waals surface area (Å²) in [4.78, 5) is 49.2. The van der Waals surface area contributed by atoms with E-state index in [-0.39, 0.29) is 30.2 Å². The Morgan fingerprint density at radius 3 is 1.95 bits per heavy atom. The number of aryl methyl sites for hydroxylation is 1. The van der Waals surface area contributed by atoms with Crippen molar-refractivity contribution in [1.82, 2.24) is 10.9 Å². The second-order valence-electron chi connectivity index (χ2n) is 13.7. The van der Waals surface area contributed by atoms with Crippen LogP contribution in [0.2, 0.25) is 0 Å². The average Bonchev–Trinajstić information content (AvgIpc) is 3.71. The number of hydrogen-bond donors (Lipinski definition) is 4. The molecule has 4 N–H and O–H groups in total. The van der Waals surface area contributed by atoms with E-state index in [0.717, 1.165) is 29.7 Å². The van der Waals surface area contributed by atoms with E-state index in [4.69, 9.17) is 9.47 Å². The van der Waals surface area contributed by atoms with E-state index in [1.165, 1.54) is 7.11 Å². The van der Waals surface area contributed by atoms with E-state index in [9.17, 15) is 19.2 Å². The van der Waals surface area contributed by atoms with Crippen molar-refractivity contribution in [1.29, 1.82) is 0 Å². The number of esters is 1. The van der Waals surface area contributed by atoms with Crippen LogP contribution in [0.25, 0.3) is 0 Å². The number of nitrogens with one attached hydrogen (secondary N) is 4. The molecule has 1 aliphatic carbocycles. The van der Waals surface area contributed by atoms with Crippen LogP contribution in [0.1, 0.15) is 91.2 Å². The van der Waals surface area contributed by atoms with Crippen LogP contribution in [0.4, 0.5) is 16.2 Å². The number of rotatable bonds is 13. The second-order valence-corrected chi connectivity index (χ2v) is 13.7. The van der Waals surface area contributed by atoms with Gasteiger partial charge in [0.1, 0.15) is 5.60 Å². The Balaban J connectivity index is 1.37. The summed E-state index contributed by atoms with van der Waals surface area (Å²) in [5, 5.41) is 5.86. The van der Waals surface area contributed by atoms with Crippen LogP contribution in [0.5, 0.6) is 0 Å². The number of ether oxygens (including phenoxy) is 2. The molecule has 1 aliphatic rings. The fraction of sp³-hybridized carbons (Fsp3) is 0.529. The van der Waals surface area contributed by atoms with Gasteiger partial charge < -0.3 is 20.1 Å². The van der Waals surface area contributed by atoms with Crippen LogP contribution in [0.15, 0.2) is 48.5 Å². The fourth-order valence-electron chi connectivity index (χ4n) is 4.78. The summed E-state index contributed by atoms with van der Waals surface area (Å²) in [6, 6.07) is 15.5. The van der Waals surface area contributed by atoms with Gasteiger partial charge in [-0.25, -0.2) is 10.2 Å². The monoisotopic (exact) mass is 608 g/mol. The summed E-state index contributed by atoms with van der Waals surface area (Å²) in [5.74, 6) is -0.279. The predicted molar refractivity (Wildman–Crippen MR) is 171 cm³/mol. The van der Waals surface area contributed by atoms with E-state index in [2.05, 4.69) is 21.5 Å². The number of carbonyl (C=O) groups excluding carboxylic acids is 4. The number of benzene rings is 2. The molecule has 2 atom stereocenters. The summed E-state index contributed by atoms with van der Waals surface area (Å²) in [6.07, 6.45) is 2.38. The summed E-state index contributed by atoms with van der Waals surface area (Å²) in [5.41, 5.74) is 7.27. The van der Waals surface area contributed by atoms with Gasteiger partial charge in [0.25, 0.3) is 0 Å². The van der Waals surface area contributed by atoms with E-state index in [0.29, 0.717) is 24.4 Å². The van der Waals surface area contributed by atoms with Crippen LogP contribution in [0, 0.1) is 10.8 Å². The number of hydrazine groups is 1. The van der Waals surface area contributed by atoms with Crippen molar-refractivity contribution in [3.63, 3.8) is 0 Å². The Morgan fingerprint density at radius 1 is 0.818 bits per heavy atom. The van der Waals surface area contributed by atoms with Gasteiger partial charge >= 0.3 is 12.1 Å². The normalized spacial score (nSPS) is 16.5. The fourth-order valence-corrected chi connectivity index (χ4v) is 4.78. The van der Waals surface area contributed by atoms with Crippen molar-refractivity contribution >= 4 is 35.3 Å². The first-order valence-electron chi connectivity index (χ1n) is 15.1. The smallest absolute Gasteiger partial charge is 0.422 e. The van der Waals surface area contributed by atoms with Crippen LogP contribution < -0.4 is 21.5 Å². The maximum Gasteiger partial charge on any atom is 0.422 e. The molecule has 0 heterocycles. The van der Waals surface area contributed by atoms with E-state index in [1.54, 1.807) is 13.8 Å². The van der Waals surface area contributed by atoms with Gasteiger partial charge in [0.05, 0.1) is 12.5 Å². The SMILES string of the molecule is COC(=O)C(C)(C)C(C)(C)CC(=O)Nc1ccc(CCCC(=O)Nc2ccc(C3CC3NNC(=O)OC(C)(C)C)cc2)cc1. The molecule has 2 unspecified atom stereocenters. The van der Waals surface area contributed by atoms with Gasteiger partial charge in [0, 0.05) is 36.2 Å². The molecule has 2 aromatic rings. The van der Waals surface area contributed by atoms with Gasteiger partial charge in [0.2, 0.25) is 11.8 Å². The predicted octanol–water partition coefficient (Wildman–Crippen LogP) is 6.09. The van der Waals surface area contributed by atoms with E-state index >= 15 is 0 Å². The molecular formula is C34H48N4O6. The third kappa shape index (κ3) is 10.1.